The van der Waals surface area contributed by atoms with Crippen LogP contribution in [0.25, 0.3) is 0 Å². The Labute approximate surface area is 131 Å². The SMILES string of the molecule is CCCCCCN1CCN(c2nnc(CCCC)s2)C1=O. The molecule has 21 heavy (non-hydrogen) atoms. The predicted molar refractivity (Wildman–Crippen MR) is 87.0 cm³/mol. The van der Waals surface area contributed by atoms with Gasteiger partial charge in [-0.1, -0.05) is 50.9 Å². The molecule has 0 aromatic carbocycles. The third-order valence-corrected chi connectivity index (χ3v) is 4.81. The minimum Gasteiger partial charge on any atom is -0.323 e. The van der Waals surface area contributed by atoms with Crippen LogP contribution in [0, 0.1) is 0 Å². The number of aryl methyl sites for hydroxylation is 1. The second kappa shape index (κ2) is 8.32. The lowest BCUT2D eigenvalue weighted by molar-refractivity contribution is 0.219. The van der Waals surface area contributed by atoms with Crippen molar-refractivity contribution >= 4 is 22.5 Å². The Morgan fingerprint density at radius 3 is 2.62 bits per heavy atom. The second-order valence-corrected chi connectivity index (χ2v) is 6.60. The van der Waals surface area contributed by atoms with Gasteiger partial charge >= 0.3 is 6.03 Å². The van der Waals surface area contributed by atoms with Crippen LogP contribution in [0.15, 0.2) is 0 Å². The molecule has 2 amide bonds. The number of aromatic nitrogens is 2. The molecule has 0 unspecified atom stereocenters. The Morgan fingerprint density at radius 2 is 1.86 bits per heavy atom. The molecule has 2 rings (SSSR count). The fourth-order valence-corrected chi connectivity index (χ4v) is 3.38. The Balaban J connectivity index is 1.84. The van der Waals surface area contributed by atoms with Crippen molar-refractivity contribution in [1.82, 2.24) is 15.1 Å². The summed E-state index contributed by atoms with van der Waals surface area (Å²) in [6.07, 6.45) is 8.05. The summed E-state index contributed by atoms with van der Waals surface area (Å²) in [5, 5.41) is 10.2. The van der Waals surface area contributed by atoms with Crippen LogP contribution >= 0.6 is 11.3 Å². The molecule has 0 aliphatic carbocycles. The van der Waals surface area contributed by atoms with E-state index < -0.39 is 0 Å². The number of hydrogen-bond acceptors (Lipinski definition) is 4. The summed E-state index contributed by atoms with van der Waals surface area (Å²) in [6, 6.07) is 0.102. The zero-order valence-electron chi connectivity index (χ0n) is 13.2. The van der Waals surface area contributed by atoms with Crippen LogP contribution in [0.1, 0.15) is 57.4 Å². The van der Waals surface area contributed by atoms with E-state index >= 15 is 0 Å². The maximum atomic E-state index is 12.4. The van der Waals surface area contributed by atoms with Gasteiger partial charge in [-0.25, -0.2) is 4.79 Å². The molecular formula is C15H26N4OS. The minimum absolute atomic E-state index is 0.102. The topological polar surface area (TPSA) is 49.3 Å². The highest BCUT2D eigenvalue weighted by atomic mass is 32.1. The molecule has 0 atom stereocenters. The maximum Gasteiger partial charge on any atom is 0.326 e. The van der Waals surface area contributed by atoms with Crippen molar-refractivity contribution in [1.29, 1.82) is 0 Å². The van der Waals surface area contributed by atoms with E-state index in [0.717, 1.165) is 55.5 Å². The summed E-state index contributed by atoms with van der Waals surface area (Å²) in [6.45, 7) is 6.80. The Morgan fingerprint density at radius 1 is 1.05 bits per heavy atom. The van der Waals surface area contributed by atoms with Crippen molar-refractivity contribution in [2.75, 3.05) is 24.5 Å². The lowest BCUT2D eigenvalue weighted by atomic mass is 10.2. The van der Waals surface area contributed by atoms with Crippen LogP contribution in [0.4, 0.5) is 9.93 Å². The fraction of sp³-hybridized carbons (Fsp3) is 0.800. The van der Waals surface area contributed by atoms with Crippen molar-refractivity contribution in [3.05, 3.63) is 5.01 Å². The molecule has 0 bridgehead atoms. The molecule has 6 heteroatoms. The molecule has 0 spiro atoms. The zero-order chi connectivity index (χ0) is 15.1. The molecule has 1 aromatic rings. The van der Waals surface area contributed by atoms with Crippen molar-refractivity contribution < 1.29 is 4.79 Å². The number of carbonyl (C=O) groups is 1. The van der Waals surface area contributed by atoms with Crippen LogP contribution in [0.3, 0.4) is 0 Å². The van der Waals surface area contributed by atoms with Gasteiger partial charge in [0, 0.05) is 26.1 Å². The largest absolute Gasteiger partial charge is 0.326 e. The van der Waals surface area contributed by atoms with Crippen molar-refractivity contribution in [3.8, 4) is 0 Å². The summed E-state index contributed by atoms with van der Waals surface area (Å²) in [5.74, 6) is 0. The third kappa shape index (κ3) is 4.40. The van der Waals surface area contributed by atoms with Gasteiger partial charge in [0.2, 0.25) is 5.13 Å². The maximum absolute atomic E-state index is 12.4. The second-order valence-electron chi connectivity index (χ2n) is 5.56. The molecule has 1 fully saturated rings. The van der Waals surface area contributed by atoms with E-state index in [0.29, 0.717) is 0 Å². The molecule has 2 heterocycles. The van der Waals surface area contributed by atoms with Gasteiger partial charge in [-0.15, -0.1) is 10.2 Å². The van der Waals surface area contributed by atoms with E-state index in [1.165, 1.54) is 19.3 Å². The first-order valence-electron chi connectivity index (χ1n) is 8.15. The number of unbranched alkanes of at least 4 members (excludes halogenated alkanes) is 4. The molecule has 1 aliphatic heterocycles. The monoisotopic (exact) mass is 310 g/mol. The Hall–Kier alpha value is -1.17. The van der Waals surface area contributed by atoms with Gasteiger partial charge in [-0.2, -0.15) is 0 Å². The van der Waals surface area contributed by atoms with Crippen molar-refractivity contribution in [3.63, 3.8) is 0 Å². The van der Waals surface area contributed by atoms with Crippen molar-refractivity contribution in [2.45, 2.75) is 58.8 Å². The highest BCUT2D eigenvalue weighted by Crippen LogP contribution is 2.25. The number of anilines is 1. The first kappa shape index (κ1) is 16.2. The molecule has 118 valence electrons. The number of amides is 2. The molecular weight excluding hydrogens is 284 g/mol. The van der Waals surface area contributed by atoms with Gasteiger partial charge in [0.15, 0.2) is 0 Å². The first-order valence-corrected chi connectivity index (χ1v) is 8.96. The highest BCUT2D eigenvalue weighted by molar-refractivity contribution is 7.15. The molecule has 1 aromatic heterocycles. The highest BCUT2D eigenvalue weighted by Gasteiger charge is 2.31. The van der Waals surface area contributed by atoms with Crippen LogP contribution in [-0.2, 0) is 6.42 Å². The Bertz CT molecular complexity index is 449. The van der Waals surface area contributed by atoms with Crippen molar-refractivity contribution in [2.24, 2.45) is 0 Å². The normalized spacial score (nSPS) is 15.2. The number of rotatable bonds is 9. The van der Waals surface area contributed by atoms with Crippen LogP contribution < -0.4 is 4.90 Å². The quantitative estimate of drug-likeness (QED) is 0.653. The summed E-state index contributed by atoms with van der Waals surface area (Å²) in [4.78, 5) is 16.1. The number of nitrogens with zero attached hydrogens (tertiary/aromatic N) is 4. The van der Waals surface area contributed by atoms with E-state index in [2.05, 4.69) is 24.0 Å². The number of carbonyl (C=O) groups excluding carboxylic acids is 1. The molecule has 0 saturated carbocycles. The smallest absolute Gasteiger partial charge is 0.323 e. The minimum atomic E-state index is 0.102. The van der Waals surface area contributed by atoms with Crippen LogP contribution in [0.2, 0.25) is 0 Å². The fourth-order valence-electron chi connectivity index (χ4n) is 2.48. The summed E-state index contributed by atoms with van der Waals surface area (Å²) in [7, 11) is 0. The summed E-state index contributed by atoms with van der Waals surface area (Å²) < 4.78 is 0. The molecule has 5 nitrogen and oxygen atoms in total. The lowest BCUT2D eigenvalue weighted by Gasteiger charge is -2.16. The Kier molecular flexibility index (Phi) is 6.42. The number of urea groups is 1. The standard InChI is InChI=1S/C15H26N4OS/c1-3-5-7-8-10-18-11-12-19(15(18)20)14-17-16-13(21-14)9-6-4-2/h3-12H2,1-2H3. The average Bonchev–Trinajstić information content (AvgIpc) is 3.08. The van der Waals surface area contributed by atoms with Gasteiger partial charge in [0.1, 0.15) is 5.01 Å². The van der Waals surface area contributed by atoms with E-state index in [4.69, 9.17) is 0 Å². The third-order valence-electron chi connectivity index (χ3n) is 3.81. The lowest BCUT2D eigenvalue weighted by Crippen LogP contribution is -2.32. The first-order chi connectivity index (χ1) is 10.3. The molecule has 1 saturated heterocycles. The van der Waals surface area contributed by atoms with Gasteiger partial charge in [0.25, 0.3) is 0 Å². The molecule has 0 radical (unpaired) electrons. The van der Waals surface area contributed by atoms with E-state index in [1.807, 2.05) is 4.90 Å². The predicted octanol–water partition coefficient (Wildman–Crippen LogP) is 3.70. The van der Waals surface area contributed by atoms with Gasteiger partial charge in [0.05, 0.1) is 0 Å². The van der Waals surface area contributed by atoms with Crippen LogP contribution in [0.5, 0.6) is 0 Å². The van der Waals surface area contributed by atoms with Gasteiger partial charge < -0.3 is 4.90 Å². The van der Waals surface area contributed by atoms with E-state index in [9.17, 15) is 4.79 Å². The van der Waals surface area contributed by atoms with E-state index in [-0.39, 0.29) is 6.03 Å². The van der Waals surface area contributed by atoms with Crippen LogP contribution in [-0.4, -0.2) is 40.8 Å². The summed E-state index contributed by atoms with van der Waals surface area (Å²) in [5.41, 5.74) is 0. The summed E-state index contributed by atoms with van der Waals surface area (Å²) >= 11 is 1.56. The van der Waals surface area contributed by atoms with E-state index in [1.54, 1.807) is 16.2 Å². The number of hydrogen-bond donors (Lipinski definition) is 0. The zero-order valence-corrected chi connectivity index (χ0v) is 14.0. The van der Waals surface area contributed by atoms with Gasteiger partial charge in [-0.05, 0) is 12.8 Å². The molecule has 1 aliphatic rings. The molecule has 0 N–H and O–H groups in total. The van der Waals surface area contributed by atoms with Gasteiger partial charge in [-0.3, -0.25) is 4.90 Å². The average molecular weight is 310 g/mol.